The topological polar surface area (TPSA) is 50.4 Å². The van der Waals surface area contributed by atoms with Gasteiger partial charge in [0.05, 0.1) is 12.0 Å². The maximum atomic E-state index is 12.0. The van der Waals surface area contributed by atoms with Crippen LogP contribution in [0.25, 0.3) is 0 Å². The van der Waals surface area contributed by atoms with Crippen molar-refractivity contribution in [1.82, 2.24) is 10.6 Å². The molecule has 0 radical (unpaired) electrons. The molecule has 0 bridgehead atoms. The van der Waals surface area contributed by atoms with Crippen LogP contribution in [0.15, 0.2) is 0 Å². The molecule has 0 aromatic carbocycles. The van der Waals surface area contributed by atoms with Crippen molar-refractivity contribution in [1.29, 1.82) is 0 Å². The number of ether oxygens (including phenoxy) is 1. The summed E-state index contributed by atoms with van der Waals surface area (Å²) >= 11 is 0. The van der Waals surface area contributed by atoms with Crippen LogP contribution < -0.4 is 10.6 Å². The van der Waals surface area contributed by atoms with Crippen molar-refractivity contribution in [3.8, 4) is 0 Å². The number of methoxy groups -OCH3 is 1. The molecule has 2 rings (SSSR count). The van der Waals surface area contributed by atoms with Gasteiger partial charge in [0, 0.05) is 19.7 Å². The molecule has 4 heteroatoms. The average molecular weight is 268 g/mol. The van der Waals surface area contributed by atoms with Crippen molar-refractivity contribution in [3.63, 3.8) is 0 Å². The zero-order chi connectivity index (χ0) is 13.9. The minimum absolute atomic E-state index is 0.129. The van der Waals surface area contributed by atoms with E-state index in [0.717, 1.165) is 25.9 Å². The summed E-state index contributed by atoms with van der Waals surface area (Å²) in [5.41, 5.74) is 0.0978. The smallest absolute Gasteiger partial charge is 0.222 e. The van der Waals surface area contributed by atoms with Gasteiger partial charge in [-0.1, -0.05) is 13.8 Å². The molecule has 2 fully saturated rings. The Hall–Kier alpha value is -0.610. The Bertz CT molecular complexity index is 319. The fraction of sp³-hybridized carbons (Fsp3) is 0.933. The Labute approximate surface area is 116 Å². The molecule has 1 amide bonds. The molecule has 1 aliphatic carbocycles. The zero-order valence-electron chi connectivity index (χ0n) is 12.6. The molecule has 2 aliphatic rings. The van der Waals surface area contributed by atoms with Crippen LogP contribution in [-0.4, -0.2) is 37.7 Å². The Kier molecular flexibility index (Phi) is 4.51. The lowest BCUT2D eigenvalue weighted by Gasteiger charge is -2.41. The lowest BCUT2D eigenvalue weighted by molar-refractivity contribution is -0.134. The van der Waals surface area contributed by atoms with Gasteiger partial charge in [0.15, 0.2) is 0 Å². The van der Waals surface area contributed by atoms with Gasteiger partial charge in [0.2, 0.25) is 5.91 Å². The van der Waals surface area contributed by atoms with E-state index < -0.39 is 0 Å². The summed E-state index contributed by atoms with van der Waals surface area (Å²) in [7, 11) is 1.72. The summed E-state index contributed by atoms with van der Waals surface area (Å²) in [6, 6.07) is 0.380. The van der Waals surface area contributed by atoms with E-state index in [0.29, 0.717) is 12.5 Å². The molecule has 2 N–H and O–H groups in total. The van der Waals surface area contributed by atoms with Crippen molar-refractivity contribution >= 4 is 5.91 Å². The molecule has 1 aliphatic heterocycles. The second-order valence-corrected chi connectivity index (χ2v) is 6.82. The third-order valence-corrected chi connectivity index (χ3v) is 5.02. The van der Waals surface area contributed by atoms with E-state index in [1.807, 2.05) is 0 Å². The molecular formula is C15H28N2O2. The van der Waals surface area contributed by atoms with Crippen molar-refractivity contribution in [3.05, 3.63) is 0 Å². The summed E-state index contributed by atoms with van der Waals surface area (Å²) in [5, 5.41) is 6.61. The van der Waals surface area contributed by atoms with Crippen LogP contribution in [-0.2, 0) is 9.53 Å². The van der Waals surface area contributed by atoms with Gasteiger partial charge in [0.1, 0.15) is 0 Å². The van der Waals surface area contributed by atoms with Gasteiger partial charge in [-0.3, -0.25) is 4.79 Å². The van der Waals surface area contributed by atoms with Crippen LogP contribution in [0.2, 0.25) is 0 Å². The van der Waals surface area contributed by atoms with Gasteiger partial charge in [-0.25, -0.2) is 0 Å². The second-order valence-electron chi connectivity index (χ2n) is 6.82. The van der Waals surface area contributed by atoms with Crippen LogP contribution in [0.5, 0.6) is 0 Å². The first-order chi connectivity index (χ1) is 8.97. The van der Waals surface area contributed by atoms with Crippen LogP contribution in [0, 0.1) is 5.41 Å². The van der Waals surface area contributed by atoms with Gasteiger partial charge in [-0.2, -0.15) is 0 Å². The molecule has 1 saturated heterocycles. The van der Waals surface area contributed by atoms with Gasteiger partial charge in [-0.15, -0.1) is 0 Å². The maximum absolute atomic E-state index is 12.0. The summed E-state index contributed by atoms with van der Waals surface area (Å²) in [6.45, 7) is 6.34. The van der Waals surface area contributed by atoms with Crippen LogP contribution in [0.1, 0.15) is 52.4 Å². The summed E-state index contributed by atoms with van der Waals surface area (Å²) in [5.74, 6) is 0.129. The molecule has 1 unspecified atom stereocenters. The van der Waals surface area contributed by atoms with Crippen LogP contribution in [0.4, 0.5) is 0 Å². The predicted molar refractivity (Wildman–Crippen MR) is 76.0 cm³/mol. The highest BCUT2D eigenvalue weighted by atomic mass is 16.5. The molecule has 1 heterocycles. The quantitative estimate of drug-likeness (QED) is 0.800. The number of carbonyl (C=O) groups excluding carboxylic acids is 1. The first-order valence-corrected chi connectivity index (χ1v) is 7.53. The molecule has 1 saturated carbocycles. The molecule has 19 heavy (non-hydrogen) atoms. The van der Waals surface area contributed by atoms with Gasteiger partial charge < -0.3 is 15.4 Å². The molecule has 1 atom stereocenters. The third-order valence-electron chi connectivity index (χ3n) is 5.02. The fourth-order valence-electron chi connectivity index (χ4n) is 3.21. The number of piperidine rings is 1. The molecule has 0 aromatic heterocycles. The van der Waals surface area contributed by atoms with E-state index >= 15 is 0 Å². The maximum Gasteiger partial charge on any atom is 0.222 e. The number of hydrogen-bond donors (Lipinski definition) is 2. The summed E-state index contributed by atoms with van der Waals surface area (Å²) < 4.78 is 5.50. The number of carbonyl (C=O) groups is 1. The first-order valence-electron chi connectivity index (χ1n) is 7.53. The van der Waals surface area contributed by atoms with Gasteiger partial charge >= 0.3 is 0 Å². The summed E-state index contributed by atoms with van der Waals surface area (Å²) in [6.07, 6.45) is 6.18. The van der Waals surface area contributed by atoms with E-state index in [1.165, 1.54) is 19.3 Å². The van der Waals surface area contributed by atoms with Crippen LogP contribution in [0.3, 0.4) is 0 Å². The molecular weight excluding hydrogens is 240 g/mol. The van der Waals surface area contributed by atoms with E-state index in [2.05, 4.69) is 24.5 Å². The standard InChI is InChI=1S/C15H28N2O2/c1-14(2)6-5-9-16-12(14)11-17-13(18)10-15(19-3)7-4-8-15/h12,16H,4-11H2,1-3H3,(H,17,18). The van der Waals surface area contributed by atoms with Crippen LogP contribution >= 0.6 is 0 Å². The minimum atomic E-state index is -0.167. The zero-order valence-corrected chi connectivity index (χ0v) is 12.6. The highest BCUT2D eigenvalue weighted by molar-refractivity contribution is 5.77. The number of amides is 1. The largest absolute Gasteiger partial charge is 0.378 e. The monoisotopic (exact) mass is 268 g/mol. The minimum Gasteiger partial charge on any atom is -0.378 e. The normalized spacial score (nSPS) is 28.5. The van der Waals surface area contributed by atoms with E-state index in [4.69, 9.17) is 4.74 Å². The highest BCUT2D eigenvalue weighted by Gasteiger charge is 2.39. The number of rotatable bonds is 5. The Morgan fingerprint density at radius 2 is 2.05 bits per heavy atom. The Morgan fingerprint density at radius 1 is 1.32 bits per heavy atom. The van der Waals surface area contributed by atoms with Crippen molar-refractivity contribution < 1.29 is 9.53 Å². The Morgan fingerprint density at radius 3 is 2.58 bits per heavy atom. The van der Waals surface area contributed by atoms with E-state index in [-0.39, 0.29) is 16.9 Å². The van der Waals surface area contributed by atoms with Crippen molar-refractivity contribution in [2.75, 3.05) is 20.2 Å². The highest BCUT2D eigenvalue weighted by Crippen LogP contribution is 2.38. The van der Waals surface area contributed by atoms with Crippen molar-refractivity contribution in [2.24, 2.45) is 5.41 Å². The number of hydrogen-bond acceptors (Lipinski definition) is 3. The third kappa shape index (κ3) is 3.48. The fourth-order valence-corrected chi connectivity index (χ4v) is 3.21. The second kappa shape index (κ2) is 5.80. The van der Waals surface area contributed by atoms with Crippen molar-refractivity contribution in [2.45, 2.75) is 64.0 Å². The summed E-state index contributed by atoms with van der Waals surface area (Å²) in [4.78, 5) is 12.0. The van der Waals surface area contributed by atoms with Gasteiger partial charge in [0.25, 0.3) is 0 Å². The van der Waals surface area contributed by atoms with E-state index in [1.54, 1.807) is 7.11 Å². The predicted octanol–water partition coefficient (Wildman–Crippen LogP) is 1.84. The molecule has 110 valence electrons. The van der Waals surface area contributed by atoms with E-state index in [9.17, 15) is 4.79 Å². The van der Waals surface area contributed by atoms with Gasteiger partial charge in [-0.05, 0) is 44.1 Å². The SMILES string of the molecule is COC1(CC(=O)NCC2NCCCC2(C)C)CCC1. The lowest BCUT2D eigenvalue weighted by atomic mass is 9.76. The lowest BCUT2D eigenvalue weighted by Crippen LogP contribution is -2.53. The Balaban J connectivity index is 1.77. The molecule has 4 nitrogen and oxygen atoms in total. The molecule has 0 aromatic rings. The molecule has 0 spiro atoms. The number of nitrogens with one attached hydrogen (secondary N) is 2. The average Bonchev–Trinajstić information content (AvgIpc) is 2.32. The first kappa shape index (κ1) is 14.8.